The third kappa shape index (κ3) is 2.83. The van der Waals surface area contributed by atoms with Crippen LogP contribution in [0.3, 0.4) is 0 Å². The monoisotopic (exact) mass is 308 g/mol. The number of benzene rings is 3. The van der Waals surface area contributed by atoms with E-state index in [1.54, 1.807) is 0 Å². The first-order chi connectivity index (χ1) is 11.9. The van der Waals surface area contributed by atoms with Crippen LogP contribution in [-0.2, 0) is 0 Å². The van der Waals surface area contributed by atoms with E-state index in [-0.39, 0.29) is 0 Å². The van der Waals surface area contributed by atoms with Gasteiger partial charge in [-0.1, -0.05) is 97.1 Å². The van der Waals surface area contributed by atoms with E-state index in [9.17, 15) is 0 Å². The predicted octanol–water partition coefficient (Wildman–Crippen LogP) is 6.75. The van der Waals surface area contributed by atoms with E-state index in [1.165, 1.54) is 33.4 Å². The third-order valence-corrected chi connectivity index (χ3v) is 4.54. The lowest BCUT2D eigenvalue weighted by Crippen LogP contribution is -1.92. The van der Waals surface area contributed by atoms with Crippen LogP contribution in [0, 0.1) is 0 Å². The van der Waals surface area contributed by atoms with Crippen LogP contribution in [0.1, 0.15) is 18.4 Å². The molecule has 0 fully saturated rings. The molecule has 0 nitrogen and oxygen atoms in total. The van der Waals surface area contributed by atoms with Gasteiger partial charge < -0.3 is 0 Å². The zero-order valence-corrected chi connectivity index (χ0v) is 13.7. The molecule has 0 unspecified atom stereocenters. The van der Waals surface area contributed by atoms with Crippen molar-refractivity contribution in [1.29, 1.82) is 0 Å². The Bertz CT molecular complexity index is 898. The molecule has 24 heavy (non-hydrogen) atoms. The van der Waals surface area contributed by atoms with Crippen LogP contribution in [0.4, 0.5) is 0 Å². The summed E-state index contributed by atoms with van der Waals surface area (Å²) in [5.41, 5.74) is 7.78. The fourth-order valence-electron chi connectivity index (χ4n) is 3.37. The lowest BCUT2D eigenvalue weighted by molar-refractivity contribution is 1.04. The average molecular weight is 308 g/mol. The Labute approximate surface area is 143 Å². The summed E-state index contributed by atoms with van der Waals surface area (Å²) >= 11 is 0. The van der Waals surface area contributed by atoms with Crippen LogP contribution >= 0.6 is 0 Å². The van der Waals surface area contributed by atoms with Crippen LogP contribution in [0.25, 0.3) is 27.8 Å². The van der Waals surface area contributed by atoms with Gasteiger partial charge in [-0.05, 0) is 46.2 Å². The van der Waals surface area contributed by atoms with Crippen LogP contribution in [0.15, 0.2) is 97.1 Å². The van der Waals surface area contributed by atoms with Gasteiger partial charge in [-0.15, -0.1) is 0 Å². The number of allylic oxidation sites excluding steroid dienone is 4. The van der Waals surface area contributed by atoms with Crippen molar-refractivity contribution < 1.29 is 0 Å². The van der Waals surface area contributed by atoms with Gasteiger partial charge in [-0.3, -0.25) is 0 Å². The second kappa shape index (κ2) is 6.72. The first-order valence-electron chi connectivity index (χ1n) is 8.54. The molecule has 3 aromatic carbocycles. The topological polar surface area (TPSA) is 0 Å². The Morgan fingerprint density at radius 3 is 1.75 bits per heavy atom. The lowest BCUT2D eigenvalue weighted by atomic mass is 9.88. The molecule has 0 aromatic heterocycles. The number of hydrogen-bond acceptors (Lipinski definition) is 0. The molecule has 0 saturated heterocycles. The number of hydrogen-bond donors (Lipinski definition) is 0. The van der Waals surface area contributed by atoms with E-state index in [0.717, 1.165) is 12.8 Å². The Hall–Kier alpha value is -2.86. The van der Waals surface area contributed by atoms with E-state index in [0.29, 0.717) is 0 Å². The van der Waals surface area contributed by atoms with Gasteiger partial charge in [0.2, 0.25) is 0 Å². The minimum absolute atomic E-state index is 1.13. The van der Waals surface area contributed by atoms with Crippen molar-refractivity contribution in [1.82, 2.24) is 0 Å². The Morgan fingerprint density at radius 2 is 1.08 bits per heavy atom. The van der Waals surface area contributed by atoms with Gasteiger partial charge in [0, 0.05) is 0 Å². The fraction of sp³-hybridized carbons (Fsp3) is 0.0833. The summed E-state index contributed by atoms with van der Waals surface area (Å²) in [6.45, 7) is 0. The molecule has 0 heterocycles. The van der Waals surface area contributed by atoms with E-state index in [1.807, 2.05) is 0 Å². The normalized spacial score (nSPS) is 13.6. The molecule has 0 heteroatoms. The molecular formula is C24H20. The molecule has 4 rings (SSSR count). The highest BCUT2D eigenvalue weighted by molar-refractivity contribution is 5.91. The molecule has 0 aliphatic heterocycles. The van der Waals surface area contributed by atoms with Crippen LogP contribution in [0.5, 0.6) is 0 Å². The Balaban J connectivity index is 1.90. The second-order valence-corrected chi connectivity index (χ2v) is 6.10. The first-order valence-corrected chi connectivity index (χ1v) is 8.54. The van der Waals surface area contributed by atoms with Crippen molar-refractivity contribution in [2.45, 2.75) is 12.8 Å². The summed E-state index contributed by atoms with van der Waals surface area (Å²) in [7, 11) is 0. The second-order valence-electron chi connectivity index (χ2n) is 6.10. The average Bonchev–Trinajstić information content (AvgIpc) is 2.69. The SMILES string of the molecule is C1=CC(c2ccccc2-c2ccccc2-c2ccccc2)=CCC1. The van der Waals surface area contributed by atoms with E-state index in [2.05, 4.69) is 97.1 Å². The molecule has 0 spiro atoms. The molecule has 0 bridgehead atoms. The highest BCUT2D eigenvalue weighted by Gasteiger charge is 2.12. The zero-order chi connectivity index (χ0) is 16.2. The van der Waals surface area contributed by atoms with Crippen molar-refractivity contribution in [2.24, 2.45) is 0 Å². The molecule has 0 radical (unpaired) electrons. The highest BCUT2D eigenvalue weighted by Crippen LogP contribution is 2.37. The molecule has 3 aromatic rings. The maximum atomic E-state index is 2.35. The summed E-state index contributed by atoms with van der Waals surface area (Å²) in [4.78, 5) is 0. The molecule has 1 aliphatic rings. The van der Waals surface area contributed by atoms with Gasteiger partial charge in [0.1, 0.15) is 0 Å². The van der Waals surface area contributed by atoms with E-state index in [4.69, 9.17) is 0 Å². The maximum absolute atomic E-state index is 2.35. The van der Waals surface area contributed by atoms with Crippen LogP contribution in [-0.4, -0.2) is 0 Å². The van der Waals surface area contributed by atoms with Crippen molar-refractivity contribution in [2.75, 3.05) is 0 Å². The molecule has 116 valence electrons. The van der Waals surface area contributed by atoms with E-state index < -0.39 is 0 Å². The van der Waals surface area contributed by atoms with Crippen molar-refractivity contribution in [3.05, 3.63) is 103 Å². The zero-order valence-electron chi connectivity index (χ0n) is 13.7. The largest absolute Gasteiger partial charge is 0.0836 e. The summed E-state index contributed by atoms with van der Waals surface area (Å²) in [5.74, 6) is 0. The third-order valence-electron chi connectivity index (χ3n) is 4.54. The van der Waals surface area contributed by atoms with Crippen LogP contribution in [0.2, 0.25) is 0 Å². The first kappa shape index (κ1) is 14.7. The smallest absolute Gasteiger partial charge is 0.00992 e. The summed E-state index contributed by atoms with van der Waals surface area (Å²) in [5, 5.41) is 0. The molecule has 1 aliphatic carbocycles. The van der Waals surface area contributed by atoms with Gasteiger partial charge >= 0.3 is 0 Å². The Morgan fingerprint density at radius 1 is 0.500 bits per heavy atom. The summed E-state index contributed by atoms with van der Waals surface area (Å²) < 4.78 is 0. The molecule has 0 amide bonds. The quantitative estimate of drug-likeness (QED) is 0.502. The van der Waals surface area contributed by atoms with Crippen molar-refractivity contribution in [3.8, 4) is 22.3 Å². The van der Waals surface area contributed by atoms with Crippen molar-refractivity contribution >= 4 is 5.57 Å². The van der Waals surface area contributed by atoms with Gasteiger partial charge in [0.05, 0.1) is 0 Å². The molecule has 0 atom stereocenters. The summed E-state index contributed by atoms with van der Waals surface area (Å²) in [6, 6.07) is 28.1. The van der Waals surface area contributed by atoms with Crippen molar-refractivity contribution in [3.63, 3.8) is 0 Å². The minimum Gasteiger partial charge on any atom is -0.0836 e. The van der Waals surface area contributed by atoms with Gasteiger partial charge in [-0.2, -0.15) is 0 Å². The molecule has 0 saturated carbocycles. The van der Waals surface area contributed by atoms with E-state index >= 15 is 0 Å². The standard InChI is InChI=1S/C24H20/c1-3-11-19(12-4-1)21-15-7-9-17-23(21)24-18-10-8-16-22(24)20-13-5-2-6-14-20/h1,3-5,7-18H,2,6H2. The molecule has 0 N–H and O–H groups in total. The number of rotatable bonds is 3. The minimum atomic E-state index is 1.13. The highest BCUT2D eigenvalue weighted by atomic mass is 14.2. The van der Waals surface area contributed by atoms with Gasteiger partial charge in [0.15, 0.2) is 0 Å². The Kier molecular flexibility index (Phi) is 4.12. The maximum Gasteiger partial charge on any atom is -0.00992 e. The summed E-state index contributed by atoms with van der Waals surface area (Å²) in [6.07, 6.45) is 9.15. The lowest BCUT2D eigenvalue weighted by Gasteiger charge is -2.16. The van der Waals surface area contributed by atoms with Gasteiger partial charge in [0.25, 0.3) is 0 Å². The van der Waals surface area contributed by atoms with Crippen LogP contribution < -0.4 is 0 Å². The predicted molar refractivity (Wildman–Crippen MR) is 104 cm³/mol. The fourth-order valence-corrected chi connectivity index (χ4v) is 3.37. The van der Waals surface area contributed by atoms with Gasteiger partial charge in [-0.25, -0.2) is 0 Å². The molecular weight excluding hydrogens is 288 g/mol.